The van der Waals surface area contributed by atoms with Gasteiger partial charge in [-0.3, -0.25) is 48.8 Å². The van der Waals surface area contributed by atoms with E-state index in [2.05, 4.69) is 42.8 Å². The van der Waals surface area contributed by atoms with Gasteiger partial charge in [-0.15, -0.1) is 11.8 Å². The van der Waals surface area contributed by atoms with E-state index in [4.69, 9.17) is 16.3 Å². The smallest absolute Gasteiger partial charge is 0.384 e. The number of nitrogens with zero attached hydrogens (tertiary/aromatic N) is 5. The van der Waals surface area contributed by atoms with Crippen LogP contribution in [-0.4, -0.2) is 172 Å². The second-order valence-electron chi connectivity index (χ2n) is 23.5. The van der Waals surface area contributed by atoms with Crippen molar-refractivity contribution in [2.75, 3.05) is 106 Å². The van der Waals surface area contributed by atoms with Crippen LogP contribution in [0.1, 0.15) is 100.0 Å². The first kappa shape index (κ1) is 62.5. The molecule has 1 aliphatic carbocycles. The lowest BCUT2D eigenvalue weighted by molar-refractivity contribution is -0.136. The number of carbonyl (C=O) groups is 6. The number of ketones is 1. The van der Waals surface area contributed by atoms with Gasteiger partial charge in [0.2, 0.25) is 17.7 Å². The minimum Gasteiger partial charge on any atom is -0.384 e. The van der Waals surface area contributed by atoms with E-state index in [-0.39, 0.29) is 58.5 Å². The molecule has 23 heteroatoms. The minimum absolute atomic E-state index is 0.0245. The zero-order valence-corrected chi connectivity index (χ0v) is 51.0. The first-order valence-electron chi connectivity index (χ1n) is 30.0. The van der Waals surface area contributed by atoms with Crippen LogP contribution < -0.4 is 20.9 Å². The summed E-state index contributed by atoms with van der Waals surface area (Å²) >= 11 is 7.87. The number of hydrogen-bond donors (Lipinski definition) is 3. The lowest BCUT2D eigenvalue weighted by Crippen LogP contribution is -2.54. The molecular formula is C65H70ClF3N8O9S2. The average Bonchev–Trinajstić information content (AvgIpc) is 1.85. The minimum atomic E-state index is -5.89. The molecule has 0 saturated carbocycles. The molecule has 5 amide bonds. The highest BCUT2D eigenvalue weighted by atomic mass is 35.5. The van der Waals surface area contributed by atoms with Gasteiger partial charge in [0.05, 0.1) is 34.9 Å². The topological polar surface area (TPSA) is 198 Å². The Bertz CT molecular complexity index is 3600. The molecule has 1 spiro atoms. The predicted molar refractivity (Wildman–Crippen MR) is 331 cm³/mol. The number of allylic oxidation sites excluding steroid dienone is 1. The van der Waals surface area contributed by atoms with Crippen LogP contribution in [0.25, 0.3) is 5.57 Å². The largest absolute Gasteiger partial charge is 0.501 e. The molecule has 4 saturated heterocycles. The molecule has 17 nitrogen and oxygen atoms in total. The van der Waals surface area contributed by atoms with E-state index in [0.29, 0.717) is 94.9 Å². The molecule has 3 unspecified atom stereocenters. The van der Waals surface area contributed by atoms with E-state index in [1.165, 1.54) is 35.0 Å². The van der Waals surface area contributed by atoms with Crippen LogP contribution >= 0.6 is 23.4 Å². The van der Waals surface area contributed by atoms with Crippen LogP contribution in [0.2, 0.25) is 5.02 Å². The SMILES string of the molecule is O=C1CCC(N2C(=O)c3cccc(NCCCC(=O)N4CCC5(CCC(c6ccc(Cl)cc6)=C(CN6CCN(c7ccc(C(=O)c8ccc(NC(CCN9CCOCC9)CSc9ccccc9)c(S(=O)(=O)C(F)(F)F)c8)cc7)CC6)C5)C4)c3C2=O)C(=O)N1. The van der Waals surface area contributed by atoms with Crippen LogP contribution in [0.3, 0.4) is 0 Å². The number of rotatable bonds is 21. The fraction of sp³-hybridized carbons (Fsp3) is 0.415. The van der Waals surface area contributed by atoms with Crippen LogP contribution in [0, 0.1) is 5.41 Å². The number of ether oxygens (including phenoxy) is 1. The summed E-state index contributed by atoms with van der Waals surface area (Å²) in [5, 5.41) is 9.27. The summed E-state index contributed by atoms with van der Waals surface area (Å²) in [6.45, 7) is 8.46. The van der Waals surface area contributed by atoms with Crippen LogP contribution in [0.15, 0.2) is 131 Å². The van der Waals surface area contributed by atoms with E-state index in [0.717, 1.165) is 72.4 Å². The molecule has 4 fully saturated rings. The Morgan fingerprint density at radius 1 is 0.795 bits per heavy atom. The van der Waals surface area contributed by atoms with Gasteiger partial charge in [0.1, 0.15) is 6.04 Å². The molecule has 11 rings (SSSR count). The number of carbonyl (C=O) groups excluding carboxylic acids is 6. The summed E-state index contributed by atoms with van der Waals surface area (Å²) in [6, 6.07) is 31.3. The van der Waals surface area contributed by atoms with Crippen molar-refractivity contribution in [2.45, 2.75) is 85.2 Å². The van der Waals surface area contributed by atoms with Gasteiger partial charge in [-0.25, -0.2) is 8.42 Å². The maximum absolute atomic E-state index is 14.4. The number of nitrogens with one attached hydrogen (secondary N) is 3. The molecule has 5 aromatic rings. The van der Waals surface area contributed by atoms with Crippen LogP contribution in [-0.2, 0) is 29.0 Å². The Kier molecular flexibility index (Phi) is 19.1. The fourth-order valence-corrected chi connectivity index (χ4v) is 15.1. The van der Waals surface area contributed by atoms with Crippen LogP contribution in [0.5, 0.6) is 0 Å². The highest BCUT2D eigenvalue weighted by Crippen LogP contribution is 2.49. The van der Waals surface area contributed by atoms with Crippen molar-refractivity contribution in [3.05, 3.63) is 154 Å². The Balaban J connectivity index is 0.704. The second kappa shape index (κ2) is 26.9. The normalized spacial score (nSPS) is 20.8. The van der Waals surface area contributed by atoms with Crippen molar-refractivity contribution in [2.24, 2.45) is 5.41 Å². The number of benzene rings is 5. The lowest BCUT2D eigenvalue weighted by atomic mass is 9.69. The summed E-state index contributed by atoms with van der Waals surface area (Å²) in [5.41, 5.74) is -0.493. The van der Waals surface area contributed by atoms with E-state index >= 15 is 0 Å². The number of alkyl halides is 3. The van der Waals surface area contributed by atoms with Gasteiger partial charge in [0.25, 0.3) is 21.7 Å². The van der Waals surface area contributed by atoms with Crippen molar-refractivity contribution >= 4 is 91.2 Å². The van der Waals surface area contributed by atoms with Gasteiger partial charge in [-0.05, 0) is 140 Å². The average molecular weight is 1260 g/mol. The Hall–Kier alpha value is -7.08. The summed E-state index contributed by atoms with van der Waals surface area (Å²) in [6.07, 6.45) is 4.85. The monoisotopic (exact) mass is 1260 g/mol. The summed E-state index contributed by atoms with van der Waals surface area (Å²) in [4.78, 5) is 89.0. The van der Waals surface area contributed by atoms with Crippen molar-refractivity contribution in [1.29, 1.82) is 0 Å². The highest BCUT2D eigenvalue weighted by Gasteiger charge is 2.49. The number of imide groups is 2. The number of morpholine rings is 1. The zero-order valence-electron chi connectivity index (χ0n) is 48.6. The van der Waals surface area contributed by atoms with E-state index in [9.17, 15) is 50.4 Å². The van der Waals surface area contributed by atoms with E-state index < -0.39 is 61.7 Å². The van der Waals surface area contributed by atoms with E-state index in [1.54, 1.807) is 30.3 Å². The van der Waals surface area contributed by atoms with Gasteiger partial charge in [-0.2, -0.15) is 13.2 Å². The summed E-state index contributed by atoms with van der Waals surface area (Å²) < 4.78 is 75.3. The van der Waals surface area contributed by atoms with Gasteiger partial charge >= 0.3 is 5.51 Å². The number of likely N-dealkylation sites (tertiary alicyclic amines) is 1. The molecule has 0 radical (unpaired) electrons. The number of thioether (sulfide) groups is 1. The molecule has 3 N–H and O–H groups in total. The summed E-state index contributed by atoms with van der Waals surface area (Å²) in [7, 11) is -5.89. The van der Waals surface area contributed by atoms with E-state index in [1.807, 2.05) is 59.5 Å². The first-order valence-corrected chi connectivity index (χ1v) is 32.8. The molecule has 5 aromatic carbocycles. The Morgan fingerprint density at radius 3 is 2.26 bits per heavy atom. The van der Waals surface area contributed by atoms with Crippen molar-refractivity contribution in [3.63, 3.8) is 0 Å². The molecule has 3 atom stereocenters. The molecule has 0 aromatic heterocycles. The van der Waals surface area contributed by atoms with Gasteiger partial charge in [-0.1, -0.05) is 53.6 Å². The molecule has 5 aliphatic heterocycles. The number of hydrogen-bond acceptors (Lipinski definition) is 15. The number of piperazine rings is 1. The molecule has 0 bridgehead atoms. The molecule has 5 heterocycles. The predicted octanol–water partition coefficient (Wildman–Crippen LogP) is 9.43. The maximum atomic E-state index is 14.4. The first-order chi connectivity index (χ1) is 42.3. The second-order valence-corrected chi connectivity index (χ2v) is 27.0. The Morgan fingerprint density at radius 2 is 1.53 bits per heavy atom. The fourth-order valence-electron chi connectivity index (χ4n) is 13.0. The van der Waals surface area contributed by atoms with Crippen LogP contribution in [0.4, 0.5) is 30.2 Å². The third-order valence-corrected chi connectivity index (χ3v) is 20.8. The highest BCUT2D eigenvalue weighted by molar-refractivity contribution is 7.99. The third kappa shape index (κ3) is 14.0. The molecule has 464 valence electrons. The molecular weight excluding hydrogens is 1190 g/mol. The number of anilines is 3. The number of sulfone groups is 1. The quantitative estimate of drug-likeness (QED) is 0.0272. The zero-order chi connectivity index (χ0) is 61.7. The van der Waals surface area contributed by atoms with Crippen molar-refractivity contribution < 1.29 is 55.1 Å². The molecule has 88 heavy (non-hydrogen) atoms. The maximum Gasteiger partial charge on any atom is 0.501 e. The Labute approximate surface area is 519 Å². The standard InChI is InChI=1S/C65H70ClF3N8O9S2/c66-47-16-11-43(12-17-47)51-23-25-64(26-29-76(42-64)58(79)10-5-27-70-54-9-4-8-52-59(54)63(83)77(62(52)82)55-21-22-57(78)72-61(55)81)39-46(51)40-74-30-32-75(33-31-74)49-18-13-44(14-19-49)60(80)45-15-20-53(56(38-45)88(84,85)65(67,68)69)71-48(24-28-73-34-36-86-37-35-73)41-87-50-6-2-1-3-7-50/h1-4,6-9,11-20,38,48,55,70-71H,5,10,21-37,39-42H2,(H,72,78,81). The summed E-state index contributed by atoms with van der Waals surface area (Å²) in [5.74, 6) is -2.42. The number of halogens is 4. The lowest BCUT2D eigenvalue weighted by Gasteiger charge is -2.40. The van der Waals surface area contributed by atoms with Gasteiger partial charge in [0, 0.05) is 129 Å². The van der Waals surface area contributed by atoms with Crippen molar-refractivity contribution in [1.82, 2.24) is 24.9 Å². The van der Waals surface area contributed by atoms with Gasteiger partial charge < -0.3 is 25.2 Å². The van der Waals surface area contributed by atoms with Gasteiger partial charge in [0.15, 0.2) is 5.78 Å². The van der Waals surface area contributed by atoms with Crippen molar-refractivity contribution in [3.8, 4) is 0 Å². The number of amides is 5. The molecule has 6 aliphatic rings. The number of fused-ring (bicyclic) bond motifs is 1. The number of piperidine rings is 1. The third-order valence-electron chi connectivity index (χ3n) is 17.8.